The average molecular weight is 498 g/mol. The number of nitrogens with zero attached hydrogens (tertiary/aromatic N) is 3. The summed E-state index contributed by atoms with van der Waals surface area (Å²) in [6.07, 6.45) is 4.73. The summed E-state index contributed by atoms with van der Waals surface area (Å²) in [5.74, 6) is -0.0337. The van der Waals surface area contributed by atoms with Crippen molar-refractivity contribution in [1.82, 2.24) is 14.7 Å². The first-order valence-electron chi connectivity index (χ1n) is 9.66. The summed E-state index contributed by atoms with van der Waals surface area (Å²) >= 11 is 10.3. The molecular formula is C23H20BrN3OS2. The number of thioether (sulfide) groups is 1. The lowest BCUT2D eigenvalue weighted by Gasteiger charge is -2.21. The van der Waals surface area contributed by atoms with Crippen LogP contribution in [0, 0.1) is 0 Å². The van der Waals surface area contributed by atoms with Gasteiger partial charge in [0, 0.05) is 27.8 Å². The summed E-state index contributed by atoms with van der Waals surface area (Å²) in [6, 6.07) is 18.0. The van der Waals surface area contributed by atoms with Crippen molar-refractivity contribution < 1.29 is 4.79 Å². The number of hydrogen-bond acceptors (Lipinski definition) is 4. The lowest BCUT2D eigenvalue weighted by atomic mass is 10.1. The molecule has 1 atom stereocenters. The summed E-state index contributed by atoms with van der Waals surface area (Å²) in [6.45, 7) is 4.08. The molecule has 1 aliphatic heterocycles. The number of carbonyl (C=O) groups is 1. The molecule has 0 N–H and O–H groups in total. The van der Waals surface area contributed by atoms with Gasteiger partial charge in [-0.2, -0.15) is 5.10 Å². The molecule has 0 spiro atoms. The highest BCUT2D eigenvalue weighted by molar-refractivity contribution is 9.10. The number of halogens is 1. The second-order valence-electron chi connectivity index (χ2n) is 7.03. The summed E-state index contributed by atoms with van der Waals surface area (Å²) in [7, 11) is 0. The summed E-state index contributed by atoms with van der Waals surface area (Å²) in [5, 5.41) is 4.83. The quantitative estimate of drug-likeness (QED) is 0.306. The largest absolute Gasteiger partial charge is 0.290 e. The van der Waals surface area contributed by atoms with Crippen molar-refractivity contribution >= 4 is 56.2 Å². The Morgan fingerprint density at radius 2 is 1.87 bits per heavy atom. The van der Waals surface area contributed by atoms with Gasteiger partial charge in [0.1, 0.15) is 4.32 Å². The number of hydrogen-bond donors (Lipinski definition) is 0. The third-order valence-corrected chi connectivity index (χ3v) is 6.88. The van der Waals surface area contributed by atoms with Gasteiger partial charge in [0.25, 0.3) is 5.91 Å². The molecule has 1 amide bonds. The van der Waals surface area contributed by atoms with E-state index in [1.54, 1.807) is 4.90 Å². The average Bonchev–Trinajstić information content (AvgIpc) is 3.30. The minimum absolute atomic E-state index is 0.0337. The topological polar surface area (TPSA) is 38.1 Å². The van der Waals surface area contributed by atoms with Gasteiger partial charge in [-0.05, 0) is 43.7 Å². The number of rotatable bonds is 5. The van der Waals surface area contributed by atoms with Crippen LogP contribution in [0.25, 0.3) is 23.0 Å². The normalized spacial score (nSPS) is 16.5. The van der Waals surface area contributed by atoms with Crippen LogP contribution >= 0.6 is 39.9 Å². The van der Waals surface area contributed by atoms with Crippen LogP contribution < -0.4 is 0 Å². The molecule has 1 aliphatic rings. The summed E-state index contributed by atoms with van der Waals surface area (Å²) in [4.78, 5) is 15.4. The first-order chi connectivity index (χ1) is 14.5. The van der Waals surface area contributed by atoms with Crippen LogP contribution in [0.1, 0.15) is 25.8 Å². The minimum Gasteiger partial charge on any atom is -0.290 e. The highest BCUT2D eigenvalue weighted by Gasteiger charge is 2.35. The Hall–Kier alpha value is -2.22. The number of para-hydroxylation sites is 1. The highest BCUT2D eigenvalue weighted by Crippen LogP contribution is 2.36. The van der Waals surface area contributed by atoms with E-state index < -0.39 is 0 Å². The Morgan fingerprint density at radius 1 is 1.17 bits per heavy atom. The van der Waals surface area contributed by atoms with Gasteiger partial charge in [-0.3, -0.25) is 9.69 Å². The molecule has 1 unspecified atom stereocenters. The van der Waals surface area contributed by atoms with Crippen LogP contribution in [0.3, 0.4) is 0 Å². The molecule has 2 aromatic carbocycles. The van der Waals surface area contributed by atoms with E-state index in [9.17, 15) is 4.79 Å². The second-order valence-corrected chi connectivity index (χ2v) is 9.62. The standard InChI is InChI=1S/C23H20BrN3OS2/c1-3-15(2)27-22(28)20(30-23(27)29)13-17-14-26(19-7-5-4-6-8-19)25-21(17)16-9-11-18(24)12-10-16/h4-15H,3H2,1-2H3/b20-13-. The Morgan fingerprint density at radius 3 is 2.53 bits per heavy atom. The smallest absolute Gasteiger partial charge is 0.266 e. The molecule has 2 heterocycles. The molecule has 0 saturated carbocycles. The molecule has 1 fully saturated rings. The fourth-order valence-corrected chi connectivity index (χ4v) is 4.94. The van der Waals surface area contributed by atoms with Gasteiger partial charge in [0.05, 0.1) is 16.3 Å². The molecule has 0 radical (unpaired) electrons. The molecule has 1 aromatic heterocycles. The van der Waals surface area contributed by atoms with Crippen molar-refractivity contribution in [3.05, 3.63) is 75.7 Å². The predicted octanol–water partition coefficient (Wildman–Crippen LogP) is 6.30. The lowest BCUT2D eigenvalue weighted by Crippen LogP contribution is -2.36. The Balaban J connectivity index is 1.79. The van der Waals surface area contributed by atoms with Crippen LogP contribution in [-0.4, -0.2) is 30.9 Å². The van der Waals surface area contributed by atoms with Crippen molar-refractivity contribution in [1.29, 1.82) is 0 Å². The highest BCUT2D eigenvalue weighted by atomic mass is 79.9. The monoisotopic (exact) mass is 497 g/mol. The maximum atomic E-state index is 13.0. The molecular weight excluding hydrogens is 478 g/mol. The Bertz CT molecular complexity index is 1120. The molecule has 30 heavy (non-hydrogen) atoms. The van der Waals surface area contributed by atoms with E-state index in [0.29, 0.717) is 9.23 Å². The zero-order valence-corrected chi connectivity index (χ0v) is 19.8. The molecule has 4 nitrogen and oxygen atoms in total. The lowest BCUT2D eigenvalue weighted by molar-refractivity contribution is -0.123. The van der Waals surface area contributed by atoms with Gasteiger partial charge < -0.3 is 0 Å². The Kier molecular flexibility index (Phi) is 6.22. The van der Waals surface area contributed by atoms with Crippen LogP contribution in [0.15, 0.2) is 70.2 Å². The first-order valence-corrected chi connectivity index (χ1v) is 11.7. The summed E-state index contributed by atoms with van der Waals surface area (Å²) in [5.41, 5.74) is 3.64. The fourth-order valence-electron chi connectivity index (χ4n) is 3.22. The number of thiocarbonyl (C=S) groups is 1. The van der Waals surface area contributed by atoms with Crippen LogP contribution in [0.2, 0.25) is 0 Å². The molecule has 0 bridgehead atoms. The maximum absolute atomic E-state index is 13.0. The third-order valence-electron chi connectivity index (χ3n) is 5.02. The van der Waals surface area contributed by atoms with Crippen LogP contribution in [0.5, 0.6) is 0 Å². The van der Waals surface area contributed by atoms with Crippen molar-refractivity contribution in [2.45, 2.75) is 26.3 Å². The van der Waals surface area contributed by atoms with E-state index in [1.807, 2.05) is 78.5 Å². The number of amides is 1. The zero-order chi connectivity index (χ0) is 21.3. The van der Waals surface area contributed by atoms with E-state index in [0.717, 1.165) is 33.4 Å². The molecule has 1 saturated heterocycles. The molecule has 0 aliphatic carbocycles. The van der Waals surface area contributed by atoms with Gasteiger partial charge in [-0.25, -0.2) is 4.68 Å². The second kappa shape index (κ2) is 8.88. The van der Waals surface area contributed by atoms with Gasteiger partial charge in [0.2, 0.25) is 0 Å². The van der Waals surface area contributed by atoms with E-state index in [2.05, 4.69) is 22.9 Å². The van der Waals surface area contributed by atoms with Gasteiger partial charge in [0.15, 0.2) is 0 Å². The van der Waals surface area contributed by atoms with Crippen molar-refractivity contribution in [2.24, 2.45) is 0 Å². The van der Waals surface area contributed by atoms with E-state index in [1.165, 1.54) is 11.8 Å². The van der Waals surface area contributed by atoms with Gasteiger partial charge in [-0.15, -0.1) is 0 Å². The predicted molar refractivity (Wildman–Crippen MR) is 131 cm³/mol. The number of carbonyl (C=O) groups excluding carboxylic acids is 1. The van der Waals surface area contributed by atoms with E-state index in [-0.39, 0.29) is 11.9 Å². The molecule has 3 aromatic rings. The minimum atomic E-state index is -0.0337. The van der Waals surface area contributed by atoms with Gasteiger partial charge >= 0.3 is 0 Å². The van der Waals surface area contributed by atoms with Crippen molar-refractivity contribution in [3.8, 4) is 16.9 Å². The van der Waals surface area contributed by atoms with Crippen molar-refractivity contribution in [2.75, 3.05) is 0 Å². The van der Waals surface area contributed by atoms with E-state index in [4.69, 9.17) is 17.3 Å². The molecule has 4 rings (SSSR count). The zero-order valence-electron chi connectivity index (χ0n) is 16.6. The SMILES string of the molecule is CCC(C)N1C(=O)/C(=C/c2cn(-c3ccccc3)nc2-c2ccc(Br)cc2)SC1=S. The number of aromatic nitrogens is 2. The molecule has 152 valence electrons. The first kappa shape index (κ1) is 21.0. The van der Waals surface area contributed by atoms with Crippen molar-refractivity contribution in [3.63, 3.8) is 0 Å². The summed E-state index contributed by atoms with van der Waals surface area (Å²) < 4.78 is 3.46. The van der Waals surface area contributed by atoms with Crippen LogP contribution in [-0.2, 0) is 4.79 Å². The number of benzene rings is 2. The third kappa shape index (κ3) is 4.15. The molecule has 7 heteroatoms. The van der Waals surface area contributed by atoms with Gasteiger partial charge in [-0.1, -0.05) is 77.2 Å². The van der Waals surface area contributed by atoms with Crippen LogP contribution in [0.4, 0.5) is 0 Å². The maximum Gasteiger partial charge on any atom is 0.266 e. The Labute approximate surface area is 194 Å². The van der Waals surface area contributed by atoms with E-state index >= 15 is 0 Å². The fraction of sp³-hybridized carbons (Fsp3) is 0.174.